The molecule has 0 saturated carbocycles. The fourth-order valence-corrected chi connectivity index (χ4v) is 2.60. The molecule has 94 valence electrons. The molecule has 0 spiro atoms. The molecule has 1 fully saturated rings. The van der Waals surface area contributed by atoms with Crippen molar-refractivity contribution in [1.82, 2.24) is 0 Å². The minimum atomic E-state index is 0.218. The molecule has 2 rings (SSSR count). The van der Waals surface area contributed by atoms with Crippen LogP contribution in [0.15, 0.2) is 12.1 Å². The Morgan fingerprint density at radius 3 is 2.59 bits per heavy atom. The van der Waals surface area contributed by atoms with Gasteiger partial charge in [0.15, 0.2) is 0 Å². The highest BCUT2D eigenvalue weighted by atomic mass is 79.9. The van der Waals surface area contributed by atoms with Gasteiger partial charge < -0.3 is 9.47 Å². The first kappa shape index (κ1) is 12.9. The molecular weight excluding hydrogens is 280 g/mol. The molecule has 0 bridgehead atoms. The molecule has 0 amide bonds. The van der Waals surface area contributed by atoms with Crippen LogP contribution in [0, 0.1) is 13.8 Å². The summed E-state index contributed by atoms with van der Waals surface area (Å²) in [4.78, 5) is 0. The van der Waals surface area contributed by atoms with E-state index in [1.54, 1.807) is 0 Å². The second-order valence-corrected chi connectivity index (χ2v) is 5.21. The molecule has 1 unspecified atom stereocenters. The zero-order valence-electron chi connectivity index (χ0n) is 10.5. The number of hydrogen-bond acceptors (Lipinski definition) is 2. The summed E-state index contributed by atoms with van der Waals surface area (Å²) >= 11 is 3.49. The molecule has 3 heteroatoms. The molecule has 1 aromatic carbocycles. The van der Waals surface area contributed by atoms with E-state index in [1.807, 2.05) is 0 Å². The van der Waals surface area contributed by atoms with Crippen LogP contribution in [0.4, 0.5) is 0 Å². The smallest absolute Gasteiger partial charge is 0.125 e. The van der Waals surface area contributed by atoms with E-state index >= 15 is 0 Å². The monoisotopic (exact) mass is 298 g/mol. The van der Waals surface area contributed by atoms with E-state index in [0.717, 1.165) is 37.1 Å². The topological polar surface area (TPSA) is 18.5 Å². The third kappa shape index (κ3) is 3.23. The molecule has 17 heavy (non-hydrogen) atoms. The molecule has 1 atom stereocenters. The molecule has 0 aromatic heterocycles. The molecule has 1 saturated heterocycles. The van der Waals surface area contributed by atoms with Gasteiger partial charge in [0, 0.05) is 11.9 Å². The van der Waals surface area contributed by atoms with Gasteiger partial charge in [0.05, 0.1) is 6.61 Å². The lowest BCUT2D eigenvalue weighted by Crippen LogP contribution is -2.28. The van der Waals surface area contributed by atoms with E-state index in [9.17, 15) is 0 Å². The van der Waals surface area contributed by atoms with Crippen LogP contribution >= 0.6 is 15.9 Å². The molecule has 0 N–H and O–H groups in total. The van der Waals surface area contributed by atoms with Gasteiger partial charge in [-0.25, -0.2) is 0 Å². The summed E-state index contributed by atoms with van der Waals surface area (Å²) in [6, 6.07) is 4.36. The maximum atomic E-state index is 6.08. The lowest BCUT2D eigenvalue weighted by molar-refractivity contribution is 0.00687. The van der Waals surface area contributed by atoms with Crippen LogP contribution in [0.3, 0.4) is 0 Å². The lowest BCUT2D eigenvalue weighted by atomic mass is 10.1. The van der Waals surface area contributed by atoms with Crippen molar-refractivity contribution in [1.29, 1.82) is 0 Å². The van der Waals surface area contributed by atoms with Crippen molar-refractivity contribution in [3.63, 3.8) is 0 Å². The van der Waals surface area contributed by atoms with Gasteiger partial charge in [-0.15, -0.1) is 0 Å². The van der Waals surface area contributed by atoms with E-state index in [2.05, 4.69) is 41.9 Å². The van der Waals surface area contributed by atoms with E-state index in [4.69, 9.17) is 9.47 Å². The number of benzene rings is 1. The maximum Gasteiger partial charge on any atom is 0.125 e. The summed E-state index contributed by atoms with van der Waals surface area (Å²) in [5.41, 5.74) is 3.72. The van der Waals surface area contributed by atoms with Gasteiger partial charge in [-0.3, -0.25) is 0 Å². The Morgan fingerprint density at radius 2 is 2.06 bits per heavy atom. The first-order valence-electron chi connectivity index (χ1n) is 6.11. The van der Waals surface area contributed by atoms with Crippen molar-refractivity contribution in [3.8, 4) is 5.75 Å². The van der Waals surface area contributed by atoms with Crippen LogP contribution < -0.4 is 4.74 Å². The summed E-state index contributed by atoms with van der Waals surface area (Å²) in [5, 5.41) is 0.890. The molecule has 0 aliphatic carbocycles. The molecule has 0 radical (unpaired) electrons. The zero-order valence-corrected chi connectivity index (χ0v) is 12.0. The number of hydrogen-bond donors (Lipinski definition) is 0. The molecule has 1 aromatic rings. The fourth-order valence-electron chi connectivity index (χ4n) is 2.27. The quantitative estimate of drug-likeness (QED) is 0.791. The highest BCUT2D eigenvalue weighted by Gasteiger charge is 2.17. The normalized spacial score (nSPS) is 20.3. The van der Waals surface area contributed by atoms with Gasteiger partial charge >= 0.3 is 0 Å². The molecule has 1 heterocycles. The number of ether oxygens (including phenoxy) is 2. The number of alkyl halides is 1. The average Bonchev–Trinajstić information content (AvgIpc) is 2.35. The largest absolute Gasteiger partial charge is 0.487 e. The van der Waals surface area contributed by atoms with E-state index in [0.29, 0.717) is 0 Å². The third-order valence-electron chi connectivity index (χ3n) is 3.08. The van der Waals surface area contributed by atoms with Crippen molar-refractivity contribution in [2.75, 3.05) is 13.2 Å². The van der Waals surface area contributed by atoms with Gasteiger partial charge in [-0.1, -0.05) is 28.1 Å². The van der Waals surface area contributed by atoms with Gasteiger partial charge in [0.1, 0.15) is 11.9 Å². The lowest BCUT2D eigenvalue weighted by Gasteiger charge is -2.25. The second-order valence-electron chi connectivity index (χ2n) is 4.65. The molecule has 2 nitrogen and oxygen atoms in total. The van der Waals surface area contributed by atoms with E-state index < -0.39 is 0 Å². The van der Waals surface area contributed by atoms with Crippen molar-refractivity contribution in [2.45, 2.75) is 38.1 Å². The third-order valence-corrected chi connectivity index (χ3v) is 3.72. The first-order valence-corrected chi connectivity index (χ1v) is 7.23. The highest BCUT2D eigenvalue weighted by molar-refractivity contribution is 9.08. The van der Waals surface area contributed by atoms with Gasteiger partial charge in [0.25, 0.3) is 0 Å². The summed E-state index contributed by atoms with van der Waals surface area (Å²) in [6.45, 7) is 5.82. The Labute approximate surface area is 111 Å². The van der Waals surface area contributed by atoms with Crippen LogP contribution in [0.25, 0.3) is 0 Å². The van der Waals surface area contributed by atoms with E-state index in [-0.39, 0.29) is 6.10 Å². The van der Waals surface area contributed by atoms with Crippen LogP contribution in [0.1, 0.15) is 29.5 Å². The Balaban J connectivity index is 2.14. The SMILES string of the molecule is Cc1cc(CBr)cc(C)c1OC1CCCOC1. The number of aryl methyl sites for hydroxylation is 2. The van der Waals surface area contributed by atoms with Crippen LogP contribution in [-0.4, -0.2) is 19.3 Å². The van der Waals surface area contributed by atoms with Gasteiger partial charge in [-0.2, -0.15) is 0 Å². The molecule has 1 aliphatic heterocycles. The van der Waals surface area contributed by atoms with Crippen LogP contribution in [0.5, 0.6) is 5.75 Å². The first-order chi connectivity index (χ1) is 8.20. The number of rotatable bonds is 3. The Hall–Kier alpha value is -0.540. The fraction of sp³-hybridized carbons (Fsp3) is 0.571. The maximum absolute atomic E-state index is 6.08. The van der Waals surface area contributed by atoms with Gasteiger partial charge in [-0.05, 0) is 43.4 Å². The minimum absolute atomic E-state index is 0.218. The second kappa shape index (κ2) is 5.87. The van der Waals surface area contributed by atoms with Crippen molar-refractivity contribution >= 4 is 15.9 Å². The minimum Gasteiger partial charge on any atom is -0.487 e. The van der Waals surface area contributed by atoms with Crippen molar-refractivity contribution < 1.29 is 9.47 Å². The summed E-state index contributed by atoms with van der Waals surface area (Å²) in [6.07, 6.45) is 2.41. The predicted octanol–water partition coefficient (Wildman–Crippen LogP) is 3.76. The van der Waals surface area contributed by atoms with Crippen molar-refractivity contribution in [2.24, 2.45) is 0 Å². The predicted molar refractivity (Wildman–Crippen MR) is 73.0 cm³/mol. The Kier molecular flexibility index (Phi) is 4.46. The molecule has 1 aliphatic rings. The molecular formula is C14H19BrO2. The summed E-state index contributed by atoms with van der Waals surface area (Å²) in [5.74, 6) is 1.03. The summed E-state index contributed by atoms with van der Waals surface area (Å²) in [7, 11) is 0. The standard InChI is InChI=1S/C14H19BrO2/c1-10-6-12(8-15)7-11(2)14(10)17-13-4-3-5-16-9-13/h6-7,13H,3-5,8-9H2,1-2H3. The van der Waals surface area contributed by atoms with Gasteiger partial charge in [0.2, 0.25) is 0 Å². The van der Waals surface area contributed by atoms with Crippen LogP contribution in [0.2, 0.25) is 0 Å². The van der Waals surface area contributed by atoms with E-state index in [1.165, 1.54) is 16.7 Å². The van der Waals surface area contributed by atoms with Crippen molar-refractivity contribution in [3.05, 3.63) is 28.8 Å². The zero-order chi connectivity index (χ0) is 12.3. The summed E-state index contributed by atoms with van der Waals surface area (Å²) < 4.78 is 11.5. The average molecular weight is 299 g/mol. The van der Waals surface area contributed by atoms with Crippen LogP contribution in [-0.2, 0) is 10.1 Å². The highest BCUT2D eigenvalue weighted by Crippen LogP contribution is 2.28. The Morgan fingerprint density at radius 1 is 1.35 bits per heavy atom. The Bertz CT molecular complexity index is 361. The number of halogens is 1.